The molecule has 3 amide bonds. The minimum Gasteiger partial charge on any atom is -0.467 e. The molecule has 1 aromatic carbocycles. The highest BCUT2D eigenvalue weighted by atomic mass is 16.5. The first kappa shape index (κ1) is 14.5. The maximum absolute atomic E-state index is 12.1. The summed E-state index contributed by atoms with van der Waals surface area (Å²) >= 11 is 0. The van der Waals surface area contributed by atoms with Gasteiger partial charge in [0.05, 0.1) is 18.5 Å². The van der Waals surface area contributed by atoms with Gasteiger partial charge in [-0.15, -0.1) is 0 Å². The maximum atomic E-state index is 12.1. The van der Waals surface area contributed by atoms with Crippen molar-refractivity contribution < 1.29 is 24.3 Å². The fourth-order valence-corrected chi connectivity index (χ4v) is 1.91. The number of carbonyl (C=O) groups excluding carboxylic acids is 3. The Morgan fingerprint density at radius 1 is 1.33 bits per heavy atom. The maximum Gasteiger partial charge on any atom is 0.338 e. The zero-order valence-electron chi connectivity index (χ0n) is 11.4. The number of ether oxygens (including phenoxy) is 1. The van der Waals surface area contributed by atoms with E-state index in [4.69, 9.17) is 5.21 Å². The minimum absolute atomic E-state index is 0.304. The number of hydrogen-bond donors (Lipinski definition) is 2. The van der Waals surface area contributed by atoms with Crippen molar-refractivity contribution >= 4 is 29.3 Å². The topological polar surface area (TPSA) is 108 Å². The van der Waals surface area contributed by atoms with Crippen LogP contribution in [0, 0.1) is 0 Å². The van der Waals surface area contributed by atoms with Crippen molar-refractivity contribution in [3.63, 3.8) is 0 Å². The average Bonchev–Trinajstić information content (AvgIpc) is 2.80. The van der Waals surface area contributed by atoms with Gasteiger partial charge in [-0.05, 0) is 24.6 Å². The highest BCUT2D eigenvalue weighted by Gasteiger charge is 2.44. The van der Waals surface area contributed by atoms with Crippen LogP contribution in [0.4, 0.5) is 10.5 Å². The van der Waals surface area contributed by atoms with Gasteiger partial charge >= 0.3 is 12.0 Å². The van der Waals surface area contributed by atoms with Crippen molar-refractivity contribution in [3.8, 4) is 0 Å². The highest BCUT2D eigenvalue weighted by molar-refractivity contribution is 6.27. The molecule has 2 N–H and O–H groups in total. The Balaban J connectivity index is 2.28. The summed E-state index contributed by atoms with van der Waals surface area (Å²) < 4.78 is 4.46. The summed E-state index contributed by atoms with van der Waals surface area (Å²) in [7, 11) is 1.14. The Kier molecular flexibility index (Phi) is 3.88. The van der Waals surface area contributed by atoms with E-state index in [2.05, 4.69) is 15.2 Å². The Hall–Kier alpha value is -2.90. The Labute approximate surface area is 120 Å². The Bertz CT molecular complexity index is 623. The summed E-state index contributed by atoms with van der Waals surface area (Å²) in [6.07, 6.45) is 0. The van der Waals surface area contributed by atoms with Gasteiger partial charge in [0.2, 0.25) is 6.04 Å². The van der Waals surface area contributed by atoms with Gasteiger partial charge in [0, 0.05) is 0 Å². The standard InChI is InChI=1S/C13H13N3O5/c1-7(15-20)8-3-5-9(6-4-8)16-11(17)10(12(18)21-2)14-13(16)19/h3-6,10,20H,1-2H3,(H,14,19). The molecular formula is C13H13N3O5. The summed E-state index contributed by atoms with van der Waals surface area (Å²) in [6, 6.07) is 4.19. The molecule has 1 atom stereocenters. The summed E-state index contributed by atoms with van der Waals surface area (Å²) in [5, 5.41) is 14.0. The van der Waals surface area contributed by atoms with Crippen LogP contribution in [0.15, 0.2) is 29.4 Å². The second-order valence-electron chi connectivity index (χ2n) is 4.31. The molecular weight excluding hydrogens is 278 g/mol. The average molecular weight is 291 g/mol. The molecule has 110 valence electrons. The molecule has 0 saturated carbocycles. The van der Waals surface area contributed by atoms with Crippen molar-refractivity contribution in [2.24, 2.45) is 5.16 Å². The molecule has 1 heterocycles. The molecule has 0 aliphatic carbocycles. The van der Waals surface area contributed by atoms with Crippen molar-refractivity contribution in [2.75, 3.05) is 12.0 Å². The molecule has 1 fully saturated rings. The van der Waals surface area contributed by atoms with Crippen molar-refractivity contribution in [3.05, 3.63) is 29.8 Å². The number of carbonyl (C=O) groups is 3. The number of urea groups is 1. The predicted octanol–water partition coefficient (Wildman–Crippen LogP) is 0.483. The van der Waals surface area contributed by atoms with Crippen LogP contribution in [-0.4, -0.2) is 42.0 Å². The van der Waals surface area contributed by atoms with Crippen LogP contribution in [0.25, 0.3) is 0 Å². The molecule has 0 radical (unpaired) electrons. The summed E-state index contributed by atoms with van der Waals surface area (Å²) in [4.78, 5) is 36.1. The lowest BCUT2D eigenvalue weighted by molar-refractivity contribution is -0.145. The largest absolute Gasteiger partial charge is 0.467 e. The molecule has 1 aromatic rings. The normalized spacial score (nSPS) is 18.7. The lowest BCUT2D eigenvalue weighted by Gasteiger charge is -2.13. The van der Waals surface area contributed by atoms with Crippen molar-refractivity contribution in [1.29, 1.82) is 0 Å². The first-order chi connectivity index (χ1) is 9.99. The summed E-state index contributed by atoms with van der Waals surface area (Å²) in [6.45, 7) is 1.61. The molecule has 2 rings (SSSR count). The molecule has 1 aliphatic rings. The van der Waals surface area contributed by atoms with E-state index in [9.17, 15) is 14.4 Å². The molecule has 1 unspecified atom stereocenters. The molecule has 1 aliphatic heterocycles. The number of amides is 3. The number of anilines is 1. The molecule has 0 spiro atoms. The van der Waals surface area contributed by atoms with E-state index < -0.39 is 23.9 Å². The van der Waals surface area contributed by atoms with E-state index in [1.807, 2.05) is 0 Å². The fraction of sp³-hybridized carbons (Fsp3) is 0.231. The van der Waals surface area contributed by atoms with Crippen LogP contribution in [0.3, 0.4) is 0 Å². The predicted molar refractivity (Wildman–Crippen MR) is 72.3 cm³/mol. The van der Waals surface area contributed by atoms with E-state index in [0.29, 0.717) is 17.0 Å². The van der Waals surface area contributed by atoms with E-state index in [-0.39, 0.29) is 0 Å². The first-order valence-electron chi connectivity index (χ1n) is 6.01. The van der Waals surface area contributed by atoms with Crippen LogP contribution < -0.4 is 10.2 Å². The number of hydrogen-bond acceptors (Lipinski definition) is 6. The fourth-order valence-electron chi connectivity index (χ4n) is 1.91. The zero-order valence-corrected chi connectivity index (χ0v) is 11.4. The third kappa shape index (κ3) is 2.55. The number of imide groups is 1. The molecule has 8 heteroatoms. The van der Waals surface area contributed by atoms with Crippen molar-refractivity contribution in [1.82, 2.24) is 5.32 Å². The summed E-state index contributed by atoms with van der Waals surface area (Å²) in [5.41, 5.74) is 1.34. The van der Waals surface area contributed by atoms with Crippen LogP contribution in [0.2, 0.25) is 0 Å². The first-order valence-corrected chi connectivity index (χ1v) is 6.01. The zero-order chi connectivity index (χ0) is 15.6. The molecule has 8 nitrogen and oxygen atoms in total. The second-order valence-corrected chi connectivity index (χ2v) is 4.31. The lowest BCUT2D eigenvalue weighted by Crippen LogP contribution is -2.38. The molecule has 0 bridgehead atoms. The number of oxime groups is 1. The van der Waals surface area contributed by atoms with E-state index in [1.54, 1.807) is 19.1 Å². The van der Waals surface area contributed by atoms with Gasteiger partial charge in [-0.2, -0.15) is 0 Å². The van der Waals surface area contributed by atoms with Gasteiger partial charge in [0.1, 0.15) is 0 Å². The smallest absolute Gasteiger partial charge is 0.338 e. The SMILES string of the molecule is COC(=O)C1NC(=O)N(c2ccc(C(C)=NO)cc2)C1=O. The van der Waals surface area contributed by atoms with E-state index in [1.165, 1.54) is 12.1 Å². The number of rotatable bonds is 3. The van der Waals surface area contributed by atoms with Crippen LogP contribution in [-0.2, 0) is 14.3 Å². The third-order valence-corrected chi connectivity index (χ3v) is 3.07. The quantitative estimate of drug-likeness (QED) is 0.210. The van der Waals surface area contributed by atoms with Gasteiger partial charge < -0.3 is 15.3 Å². The van der Waals surface area contributed by atoms with Gasteiger partial charge in [-0.1, -0.05) is 17.3 Å². The number of methoxy groups -OCH3 is 1. The number of esters is 1. The second kappa shape index (κ2) is 5.61. The third-order valence-electron chi connectivity index (χ3n) is 3.07. The monoisotopic (exact) mass is 291 g/mol. The Morgan fingerprint density at radius 3 is 2.48 bits per heavy atom. The van der Waals surface area contributed by atoms with Gasteiger partial charge in [-0.25, -0.2) is 14.5 Å². The molecule has 1 saturated heterocycles. The lowest BCUT2D eigenvalue weighted by atomic mass is 10.1. The van der Waals surface area contributed by atoms with Crippen molar-refractivity contribution in [2.45, 2.75) is 13.0 Å². The van der Waals surface area contributed by atoms with Gasteiger partial charge in [0.25, 0.3) is 5.91 Å². The highest BCUT2D eigenvalue weighted by Crippen LogP contribution is 2.20. The van der Waals surface area contributed by atoms with Crippen LogP contribution in [0.1, 0.15) is 12.5 Å². The minimum atomic E-state index is -1.33. The Morgan fingerprint density at radius 2 is 1.95 bits per heavy atom. The van der Waals surface area contributed by atoms with E-state index >= 15 is 0 Å². The van der Waals surface area contributed by atoms with Crippen LogP contribution in [0.5, 0.6) is 0 Å². The molecule has 21 heavy (non-hydrogen) atoms. The number of benzene rings is 1. The van der Waals surface area contributed by atoms with Crippen LogP contribution >= 0.6 is 0 Å². The van der Waals surface area contributed by atoms with Gasteiger partial charge in [-0.3, -0.25) is 4.79 Å². The summed E-state index contributed by atoms with van der Waals surface area (Å²) in [5.74, 6) is -1.53. The number of nitrogens with one attached hydrogen (secondary N) is 1. The van der Waals surface area contributed by atoms with E-state index in [0.717, 1.165) is 12.0 Å². The van der Waals surface area contributed by atoms with Gasteiger partial charge in [0.15, 0.2) is 0 Å². The molecule has 0 aromatic heterocycles. The number of nitrogens with zero attached hydrogens (tertiary/aromatic N) is 2.